The predicted octanol–water partition coefficient (Wildman–Crippen LogP) is 2.44. The second-order valence-electron chi connectivity index (χ2n) is 6.87. The third kappa shape index (κ3) is 4.31. The standard InChI is InChI=1S/C20H27N5O2/c1-5-21-19(23-13-20(3,26)15-10-24-25(4)12-15)22-11-18-14(2)16-8-6-7-9-17(16)27-18/h6-10,12,26H,5,11,13H2,1-4H3,(H2,21,22,23). The van der Waals surface area contributed by atoms with E-state index < -0.39 is 5.60 Å². The number of nitrogens with one attached hydrogen (secondary N) is 2. The van der Waals surface area contributed by atoms with Crippen molar-refractivity contribution < 1.29 is 9.52 Å². The zero-order chi connectivity index (χ0) is 19.4. The molecule has 3 rings (SSSR count). The molecule has 3 N–H and O–H groups in total. The highest BCUT2D eigenvalue weighted by Gasteiger charge is 2.25. The summed E-state index contributed by atoms with van der Waals surface area (Å²) < 4.78 is 7.60. The molecule has 1 aromatic carbocycles. The van der Waals surface area contributed by atoms with Crippen LogP contribution in [0.25, 0.3) is 11.0 Å². The molecule has 0 fully saturated rings. The van der Waals surface area contributed by atoms with E-state index in [1.165, 1.54) is 0 Å². The second kappa shape index (κ2) is 7.84. The maximum atomic E-state index is 10.7. The Morgan fingerprint density at radius 2 is 2.11 bits per heavy atom. The van der Waals surface area contributed by atoms with Gasteiger partial charge in [0.1, 0.15) is 23.5 Å². The van der Waals surface area contributed by atoms with E-state index in [1.807, 2.05) is 45.3 Å². The first-order chi connectivity index (χ1) is 12.9. The van der Waals surface area contributed by atoms with Crippen LogP contribution in [0.1, 0.15) is 30.7 Å². The monoisotopic (exact) mass is 369 g/mol. The molecule has 1 atom stereocenters. The summed E-state index contributed by atoms with van der Waals surface area (Å²) in [6.45, 7) is 7.26. The number of aliphatic imine (C=N–C) groups is 1. The van der Waals surface area contributed by atoms with Crippen molar-refractivity contribution in [3.63, 3.8) is 0 Å². The summed E-state index contributed by atoms with van der Waals surface area (Å²) in [4.78, 5) is 4.61. The molecule has 0 aliphatic carbocycles. The SMILES string of the molecule is CCNC(=NCc1oc2ccccc2c1C)NCC(C)(O)c1cnn(C)c1. The zero-order valence-electron chi connectivity index (χ0n) is 16.3. The number of rotatable bonds is 6. The fourth-order valence-corrected chi connectivity index (χ4v) is 2.93. The fourth-order valence-electron chi connectivity index (χ4n) is 2.93. The summed E-state index contributed by atoms with van der Waals surface area (Å²) >= 11 is 0. The lowest BCUT2D eigenvalue weighted by atomic mass is 10.00. The van der Waals surface area contributed by atoms with E-state index in [0.29, 0.717) is 19.0 Å². The van der Waals surface area contributed by atoms with Crippen LogP contribution >= 0.6 is 0 Å². The van der Waals surface area contributed by atoms with Crippen LogP contribution in [0, 0.1) is 6.92 Å². The predicted molar refractivity (Wildman–Crippen MR) is 107 cm³/mol. The van der Waals surface area contributed by atoms with E-state index >= 15 is 0 Å². The van der Waals surface area contributed by atoms with Gasteiger partial charge in [0.2, 0.25) is 0 Å². The third-order valence-corrected chi connectivity index (χ3v) is 4.59. The molecule has 7 heteroatoms. The number of aryl methyl sites for hydroxylation is 2. The molecular formula is C20H27N5O2. The average Bonchev–Trinajstić information content (AvgIpc) is 3.22. The molecule has 1 unspecified atom stereocenters. The summed E-state index contributed by atoms with van der Waals surface area (Å²) in [6, 6.07) is 7.98. The number of hydrogen-bond donors (Lipinski definition) is 3. The van der Waals surface area contributed by atoms with Crippen molar-refractivity contribution in [3.05, 3.63) is 53.5 Å². The minimum Gasteiger partial charge on any atom is -0.459 e. The number of furan rings is 1. The van der Waals surface area contributed by atoms with Crippen molar-refractivity contribution >= 4 is 16.9 Å². The maximum Gasteiger partial charge on any atom is 0.191 e. The number of hydrogen-bond acceptors (Lipinski definition) is 4. The van der Waals surface area contributed by atoms with Crippen LogP contribution in [0.15, 0.2) is 46.1 Å². The van der Waals surface area contributed by atoms with Crippen LogP contribution in [0.2, 0.25) is 0 Å². The van der Waals surface area contributed by atoms with Crippen molar-refractivity contribution in [2.75, 3.05) is 13.1 Å². The topological polar surface area (TPSA) is 87.6 Å². The Balaban J connectivity index is 1.71. The molecular weight excluding hydrogens is 342 g/mol. The fraction of sp³-hybridized carbons (Fsp3) is 0.400. The molecule has 144 valence electrons. The van der Waals surface area contributed by atoms with Crippen LogP contribution in [0.5, 0.6) is 0 Å². The van der Waals surface area contributed by atoms with Gasteiger partial charge < -0.3 is 20.2 Å². The van der Waals surface area contributed by atoms with E-state index in [4.69, 9.17) is 4.42 Å². The summed E-state index contributed by atoms with van der Waals surface area (Å²) in [5, 5.41) is 22.4. The van der Waals surface area contributed by atoms with Crippen molar-refractivity contribution in [1.82, 2.24) is 20.4 Å². The molecule has 0 amide bonds. The normalized spacial score (nSPS) is 14.3. The highest BCUT2D eigenvalue weighted by molar-refractivity contribution is 5.82. The summed E-state index contributed by atoms with van der Waals surface area (Å²) in [5.41, 5.74) is 1.67. The molecule has 0 saturated carbocycles. The summed E-state index contributed by atoms with van der Waals surface area (Å²) in [7, 11) is 1.83. The molecule has 0 radical (unpaired) electrons. The van der Waals surface area contributed by atoms with E-state index in [-0.39, 0.29) is 0 Å². The molecule has 0 aliphatic rings. The van der Waals surface area contributed by atoms with Crippen molar-refractivity contribution in [3.8, 4) is 0 Å². The van der Waals surface area contributed by atoms with Crippen LogP contribution in [-0.2, 0) is 19.2 Å². The number of nitrogens with zero attached hydrogens (tertiary/aromatic N) is 3. The first kappa shape index (κ1) is 19.0. The summed E-state index contributed by atoms with van der Waals surface area (Å²) in [6.07, 6.45) is 3.48. The zero-order valence-corrected chi connectivity index (χ0v) is 16.3. The van der Waals surface area contributed by atoms with Gasteiger partial charge in [-0.05, 0) is 26.8 Å². The molecule has 0 saturated heterocycles. The number of para-hydroxylation sites is 1. The highest BCUT2D eigenvalue weighted by atomic mass is 16.3. The van der Waals surface area contributed by atoms with Crippen LogP contribution < -0.4 is 10.6 Å². The molecule has 27 heavy (non-hydrogen) atoms. The van der Waals surface area contributed by atoms with Gasteiger partial charge in [0.15, 0.2) is 5.96 Å². The van der Waals surface area contributed by atoms with Gasteiger partial charge in [-0.3, -0.25) is 4.68 Å². The van der Waals surface area contributed by atoms with Crippen molar-refractivity contribution in [1.29, 1.82) is 0 Å². The minimum absolute atomic E-state index is 0.309. The largest absolute Gasteiger partial charge is 0.459 e. The quantitative estimate of drug-likeness (QED) is 0.459. The van der Waals surface area contributed by atoms with Crippen LogP contribution in [-0.4, -0.2) is 33.9 Å². The Hall–Kier alpha value is -2.80. The number of benzene rings is 1. The van der Waals surface area contributed by atoms with E-state index in [2.05, 4.69) is 26.8 Å². The van der Waals surface area contributed by atoms with E-state index in [1.54, 1.807) is 17.8 Å². The molecule has 3 aromatic rings. The Morgan fingerprint density at radius 1 is 1.33 bits per heavy atom. The van der Waals surface area contributed by atoms with E-state index in [9.17, 15) is 5.11 Å². The Bertz CT molecular complexity index is 939. The van der Waals surface area contributed by atoms with Gasteiger partial charge in [0.25, 0.3) is 0 Å². The highest BCUT2D eigenvalue weighted by Crippen LogP contribution is 2.25. The second-order valence-corrected chi connectivity index (χ2v) is 6.87. The Morgan fingerprint density at radius 3 is 2.78 bits per heavy atom. The van der Waals surface area contributed by atoms with Gasteiger partial charge in [-0.1, -0.05) is 18.2 Å². The van der Waals surface area contributed by atoms with Gasteiger partial charge in [-0.25, -0.2) is 4.99 Å². The molecule has 0 aliphatic heterocycles. The van der Waals surface area contributed by atoms with Crippen LogP contribution in [0.4, 0.5) is 0 Å². The molecule has 2 aromatic heterocycles. The Kier molecular flexibility index (Phi) is 5.51. The van der Waals surface area contributed by atoms with Crippen molar-refractivity contribution in [2.24, 2.45) is 12.0 Å². The van der Waals surface area contributed by atoms with Gasteiger partial charge in [-0.15, -0.1) is 0 Å². The third-order valence-electron chi connectivity index (χ3n) is 4.59. The minimum atomic E-state index is -1.06. The lowest BCUT2D eigenvalue weighted by molar-refractivity contribution is 0.0616. The number of fused-ring (bicyclic) bond motifs is 1. The van der Waals surface area contributed by atoms with Gasteiger partial charge in [-0.2, -0.15) is 5.10 Å². The lowest BCUT2D eigenvalue weighted by Gasteiger charge is -2.23. The van der Waals surface area contributed by atoms with Gasteiger partial charge in [0, 0.05) is 36.3 Å². The van der Waals surface area contributed by atoms with Gasteiger partial charge >= 0.3 is 0 Å². The first-order valence-electron chi connectivity index (χ1n) is 9.11. The number of aromatic nitrogens is 2. The van der Waals surface area contributed by atoms with Gasteiger partial charge in [0.05, 0.1) is 12.7 Å². The smallest absolute Gasteiger partial charge is 0.191 e. The maximum absolute atomic E-state index is 10.7. The van der Waals surface area contributed by atoms with Crippen LogP contribution in [0.3, 0.4) is 0 Å². The molecule has 2 heterocycles. The van der Waals surface area contributed by atoms with E-state index in [0.717, 1.165) is 34.4 Å². The summed E-state index contributed by atoms with van der Waals surface area (Å²) in [5.74, 6) is 1.47. The molecule has 0 bridgehead atoms. The first-order valence-corrected chi connectivity index (χ1v) is 9.11. The number of guanidine groups is 1. The lowest BCUT2D eigenvalue weighted by Crippen LogP contribution is -2.44. The molecule has 7 nitrogen and oxygen atoms in total. The molecule has 0 spiro atoms. The number of aliphatic hydroxyl groups is 1. The van der Waals surface area contributed by atoms with Crippen molar-refractivity contribution in [2.45, 2.75) is 32.9 Å². The average molecular weight is 369 g/mol. The Labute approximate surface area is 159 Å².